The van der Waals surface area contributed by atoms with Gasteiger partial charge >= 0.3 is 0 Å². The van der Waals surface area contributed by atoms with Crippen LogP contribution in [0.2, 0.25) is 0 Å². The fraction of sp³-hybridized carbons (Fsp3) is 0.750. The zero-order chi connectivity index (χ0) is 13.1. The molecule has 0 saturated heterocycles. The van der Waals surface area contributed by atoms with Crippen molar-refractivity contribution in [3.63, 3.8) is 0 Å². The highest BCUT2D eigenvalue weighted by atomic mass is 32.1. The van der Waals surface area contributed by atoms with Crippen molar-refractivity contribution in [1.29, 1.82) is 0 Å². The van der Waals surface area contributed by atoms with E-state index in [0.29, 0.717) is 18.0 Å². The summed E-state index contributed by atoms with van der Waals surface area (Å²) in [6, 6.07) is 5.68. The zero-order valence-corrected chi connectivity index (χ0v) is 13.0. The van der Waals surface area contributed by atoms with E-state index < -0.39 is 0 Å². The minimum atomic E-state index is 0.530. The van der Waals surface area contributed by atoms with Gasteiger partial charge in [-0.15, -0.1) is 11.3 Å². The van der Waals surface area contributed by atoms with Gasteiger partial charge in [0.05, 0.1) is 0 Å². The molecule has 0 radical (unpaired) electrons. The smallest absolute Gasteiger partial charge is 0.0440 e. The molecule has 1 aromatic rings. The summed E-state index contributed by atoms with van der Waals surface area (Å²) in [6.07, 6.45) is 4.13. The summed E-state index contributed by atoms with van der Waals surface area (Å²) >= 11 is 1.89. The van der Waals surface area contributed by atoms with Gasteiger partial charge in [-0.2, -0.15) is 0 Å². The number of hydrogen-bond acceptors (Lipinski definition) is 2. The molecular formula is C16H27NS. The first-order chi connectivity index (χ1) is 8.58. The van der Waals surface area contributed by atoms with Crippen molar-refractivity contribution in [2.45, 2.75) is 59.0 Å². The minimum Gasteiger partial charge on any atom is -0.306 e. The van der Waals surface area contributed by atoms with Crippen LogP contribution >= 0.6 is 11.3 Å². The van der Waals surface area contributed by atoms with E-state index in [4.69, 9.17) is 0 Å². The van der Waals surface area contributed by atoms with E-state index in [1.54, 1.807) is 0 Å². The maximum absolute atomic E-state index is 3.95. The molecule has 0 bridgehead atoms. The minimum absolute atomic E-state index is 0.530. The van der Waals surface area contributed by atoms with Gasteiger partial charge in [0.25, 0.3) is 0 Å². The summed E-state index contributed by atoms with van der Waals surface area (Å²) in [5.74, 6) is 2.37. The molecule has 0 aromatic carbocycles. The van der Waals surface area contributed by atoms with Crippen LogP contribution in [0.5, 0.6) is 0 Å². The van der Waals surface area contributed by atoms with Gasteiger partial charge in [0.2, 0.25) is 0 Å². The highest BCUT2D eigenvalue weighted by Gasteiger charge is 2.29. The second kappa shape index (κ2) is 6.21. The first kappa shape index (κ1) is 14.1. The van der Waals surface area contributed by atoms with Crippen LogP contribution in [-0.4, -0.2) is 6.04 Å². The number of hydrogen-bond donors (Lipinski definition) is 1. The largest absolute Gasteiger partial charge is 0.306 e. The van der Waals surface area contributed by atoms with E-state index >= 15 is 0 Å². The second-order valence-electron chi connectivity index (χ2n) is 6.41. The SMILES string of the molecule is CC1CCC(C)C(NC(c2cccs2)C(C)C)C1. The first-order valence-corrected chi connectivity index (χ1v) is 8.25. The Hall–Kier alpha value is -0.340. The Morgan fingerprint density at radius 2 is 2.06 bits per heavy atom. The predicted molar refractivity (Wildman–Crippen MR) is 81.0 cm³/mol. The van der Waals surface area contributed by atoms with Crippen LogP contribution in [0.4, 0.5) is 0 Å². The predicted octanol–water partition coefficient (Wildman–Crippen LogP) is 4.86. The Labute approximate surface area is 116 Å². The molecule has 1 aliphatic carbocycles. The quantitative estimate of drug-likeness (QED) is 0.820. The van der Waals surface area contributed by atoms with Gasteiger partial charge in [-0.1, -0.05) is 40.2 Å². The average Bonchev–Trinajstić information content (AvgIpc) is 2.83. The molecule has 1 heterocycles. The summed E-state index contributed by atoms with van der Waals surface area (Å²) in [6.45, 7) is 9.47. The molecule has 1 aliphatic rings. The van der Waals surface area contributed by atoms with Crippen LogP contribution in [-0.2, 0) is 0 Å². The Balaban J connectivity index is 2.04. The molecule has 1 fully saturated rings. The summed E-state index contributed by atoms with van der Waals surface area (Å²) in [7, 11) is 0. The van der Waals surface area contributed by atoms with E-state index in [2.05, 4.69) is 50.5 Å². The van der Waals surface area contributed by atoms with Gasteiger partial charge in [0.1, 0.15) is 0 Å². The molecule has 1 nitrogen and oxygen atoms in total. The van der Waals surface area contributed by atoms with Gasteiger partial charge in [0.15, 0.2) is 0 Å². The van der Waals surface area contributed by atoms with Crippen LogP contribution in [0.1, 0.15) is 57.9 Å². The number of nitrogens with one attached hydrogen (secondary N) is 1. The molecule has 0 amide bonds. The van der Waals surface area contributed by atoms with Gasteiger partial charge < -0.3 is 5.32 Å². The average molecular weight is 265 g/mol. The van der Waals surface area contributed by atoms with Gasteiger partial charge in [-0.05, 0) is 42.0 Å². The topological polar surface area (TPSA) is 12.0 Å². The fourth-order valence-corrected chi connectivity index (χ4v) is 4.02. The molecule has 1 saturated carbocycles. The molecular weight excluding hydrogens is 238 g/mol. The van der Waals surface area contributed by atoms with E-state index in [1.807, 2.05) is 11.3 Å². The highest BCUT2D eigenvalue weighted by Crippen LogP contribution is 2.33. The molecule has 0 aliphatic heterocycles. The van der Waals surface area contributed by atoms with Crippen molar-refractivity contribution < 1.29 is 0 Å². The van der Waals surface area contributed by atoms with Crippen molar-refractivity contribution in [3.8, 4) is 0 Å². The van der Waals surface area contributed by atoms with Crippen molar-refractivity contribution in [3.05, 3.63) is 22.4 Å². The Bertz CT molecular complexity index is 344. The molecule has 1 N–H and O–H groups in total. The maximum atomic E-state index is 3.95. The Morgan fingerprint density at radius 3 is 2.67 bits per heavy atom. The van der Waals surface area contributed by atoms with Crippen molar-refractivity contribution in [2.24, 2.45) is 17.8 Å². The maximum Gasteiger partial charge on any atom is 0.0440 e. The molecule has 4 unspecified atom stereocenters. The fourth-order valence-electron chi connectivity index (χ4n) is 3.07. The third kappa shape index (κ3) is 3.36. The van der Waals surface area contributed by atoms with Crippen molar-refractivity contribution in [2.75, 3.05) is 0 Å². The first-order valence-electron chi connectivity index (χ1n) is 7.37. The molecule has 2 rings (SSSR count). The van der Waals surface area contributed by atoms with E-state index in [0.717, 1.165) is 11.8 Å². The van der Waals surface area contributed by atoms with Crippen LogP contribution in [0.15, 0.2) is 17.5 Å². The lowest BCUT2D eigenvalue weighted by molar-refractivity contribution is 0.200. The Kier molecular flexibility index (Phi) is 4.85. The molecule has 102 valence electrons. The van der Waals surface area contributed by atoms with Crippen LogP contribution in [0.3, 0.4) is 0 Å². The summed E-state index contributed by atoms with van der Waals surface area (Å²) < 4.78 is 0. The zero-order valence-electron chi connectivity index (χ0n) is 12.1. The van der Waals surface area contributed by atoms with Crippen molar-refractivity contribution >= 4 is 11.3 Å². The number of rotatable bonds is 4. The van der Waals surface area contributed by atoms with Crippen LogP contribution in [0, 0.1) is 17.8 Å². The molecule has 4 atom stereocenters. The molecule has 0 spiro atoms. The summed E-state index contributed by atoms with van der Waals surface area (Å²) in [4.78, 5) is 1.50. The summed E-state index contributed by atoms with van der Waals surface area (Å²) in [5.41, 5.74) is 0. The van der Waals surface area contributed by atoms with Gasteiger partial charge in [0, 0.05) is 17.0 Å². The standard InChI is InChI=1S/C16H27NS/c1-11(2)16(15-6-5-9-18-15)17-14-10-12(3)7-8-13(14)4/h5-6,9,11-14,16-17H,7-8,10H2,1-4H3. The van der Waals surface area contributed by atoms with E-state index in [1.165, 1.54) is 24.1 Å². The van der Waals surface area contributed by atoms with Crippen LogP contribution in [0.25, 0.3) is 0 Å². The second-order valence-corrected chi connectivity index (χ2v) is 7.39. The number of thiophene rings is 1. The lowest BCUT2D eigenvalue weighted by atomic mass is 9.79. The molecule has 2 heteroatoms. The molecule has 18 heavy (non-hydrogen) atoms. The lowest BCUT2D eigenvalue weighted by Crippen LogP contribution is -2.42. The third-order valence-corrected chi connectivity index (χ3v) is 5.32. The lowest BCUT2D eigenvalue weighted by Gasteiger charge is -2.37. The van der Waals surface area contributed by atoms with E-state index in [9.17, 15) is 0 Å². The van der Waals surface area contributed by atoms with Gasteiger partial charge in [-0.25, -0.2) is 0 Å². The Morgan fingerprint density at radius 1 is 1.28 bits per heavy atom. The van der Waals surface area contributed by atoms with Gasteiger partial charge in [-0.3, -0.25) is 0 Å². The molecule has 1 aromatic heterocycles. The van der Waals surface area contributed by atoms with Crippen molar-refractivity contribution in [1.82, 2.24) is 5.32 Å². The van der Waals surface area contributed by atoms with E-state index in [-0.39, 0.29) is 0 Å². The van der Waals surface area contributed by atoms with Crippen LogP contribution < -0.4 is 5.32 Å². The third-order valence-electron chi connectivity index (χ3n) is 4.37. The monoisotopic (exact) mass is 265 g/mol. The summed E-state index contributed by atoms with van der Waals surface area (Å²) in [5, 5.41) is 6.14. The highest BCUT2D eigenvalue weighted by molar-refractivity contribution is 7.10. The normalized spacial score (nSPS) is 30.6.